The van der Waals surface area contributed by atoms with Crippen LogP contribution in [0.1, 0.15) is 41.7 Å². The summed E-state index contributed by atoms with van der Waals surface area (Å²) >= 11 is 7.84. The molecule has 7 nitrogen and oxygen atoms in total. The van der Waals surface area contributed by atoms with Gasteiger partial charge in [-0.05, 0) is 31.4 Å². The number of halogens is 1. The first-order valence-electron chi connectivity index (χ1n) is 9.95. The Balaban J connectivity index is 1.44. The number of rotatable bonds is 5. The second kappa shape index (κ2) is 8.24. The van der Waals surface area contributed by atoms with E-state index in [1.165, 1.54) is 6.26 Å². The van der Waals surface area contributed by atoms with Crippen molar-refractivity contribution >= 4 is 32.8 Å². The summed E-state index contributed by atoms with van der Waals surface area (Å²) < 4.78 is 31.4. The van der Waals surface area contributed by atoms with Crippen LogP contribution in [0, 0.1) is 11.3 Å². The number of aromatic nitrogens is 2. The number of aryl methyl sites for hydroxylation is 1. The van der Waals surface area contributed by atoms with Gasteiger partial charge in [-0.2, -0.15) is 10.4 Å². The van der Waals surface area contributed by atoms with Gasteiger partial charge in [-0.25, -0.2) is 8.42 Å². The minimum Gasteiger partial charge on any atom is -0.368 e. The van der Waals surface area contributed by atoms with Gasteiger partial charge in [0.2, 0.25) is 0 Å². The van der Waals surface area contributed by atoms with Crippen LogP contribution in [0.2, 0.25) is 4.34 Å². The molecule has 30 heavy (non-hydrogen) atoms. The highest BCUT2D eigenvalue weighted by Crippen LogP contribution is 2.50. The Labute approximate surface area is 186 Å². The number of likely N-dealkylation sites (tertiary alicyclic amines) is 1. The highest BCUT2D eigenvalue weighted by Gasteiger charge is 2.47. The van der Waals surface area contributed by atoms with Gasteiger partial charge >= 0.3 is 0 Å². The van der Waals surface area contributed by atoms with E-state index in [1.54, 1.807) is 16.0 Å². The third-order valence-corrected chi connectivity index (χ3v) is 8.41. The quantitative estimate of drug-likeness (QED) is 0.669. The van der Waals surface area contributed by atoms with Crippen LogP contribution in [-0.4, -0.2) is 54.3 Å². The zero-order valence-electron chi connectivity index (χ0n) is 17.0. The molecular weight excluding hydrogens is 444 g/mol. The van der Waals surface area contributed by atoms with Gasteiger partial charge in [-0.1, -0.05) is 11.6 Å². The molecule has 3 atom stereocenters. The summed E-state index contributed by atoms with van der Waals surface area (Å²) in [5, 5.41) is 13.8. The minimum absolute atomic E-state index is 0.0868. The van der Waals surface area contributed by atoms with Crippen molar-refractivity contribution in [1.29, 1.82) is 5.26 Å². The molecular formula is C20H25ClN4O3S2. The van der Waals surface area contributed by atoms with Crippen molar-refractivity contribution in [2.45, 2.75) is 50.4 Å². The van der Waals surface area contributed by atoms with Crippen molar-refractivity contribution in [3.8, 4) is 6.07 Å². The number of fused-ring (bicyclic) bond motifs is 2. The molecule has 0 saturated carbocycles. The highest BCUT2D eigenvalue weighted by atomic mass is 35.5. The Morgan fingerprint density at radius 3 is 3.00 bits per heavy atom. The van der Waals surface area contributed by atoms with E-state index in [9.17, 15) is 13.7 Å². The maximum atomic E-state index is 11.4. The fourth-order valence-corrected chi connectivity index (χ4v) is 6.42. The van der Waals surface area contributed by atoms with Crippen LogP contribution in [0.25, 0.3) is 0 Å². The fourth-order valence-electron chi connectivity index (χ4n) is 4.42. The Kier molecular flexibility index (Phi) is 5.99. The molecule has 2 aliphatic rings. The van der Waals surface area contributed by atoms with Crippen LogP contribution in [0.5, 0.6) is 0 Å². The zero-order chi connectivity index (χ0) is 21.5. The monoisotopic (exact) mass is 468 g/mol. The second-order valence-electron chi connectivity index (χ2n) is 8.34. The van der Waals surface area contributed by atoms with Gasteiger partial charge in [0, 0.05) is 42.0 Å². The number of thiophene rings is 1. The average Bonchev–Trinajstić information content (AvgIpc) is 3.29. The summed E-state index contributed by atoms with van der Waals surface area (Å²) in [7, 11) is -3.01. The molecule has 0 radical (unpaired) electrons. The van der Waals surface area contributed by atoms with Gasteiger partial charge in [-0.15, -0.1) is 11.3 Å². The molecule has 162 valence electrons. The second-order valence-corrected chi connectivity index (χ2v) is 12.3. The predicted octanol–water partition coefficient (Wildman–Crippen LogP) is 3.16. The van der Waals surface area contributed by atoms with E-state index in [-0.39, 0.29) is 23.3 Å². The largest absolute Gasteiger partial charge is 0.368 e. The van der Waals surface area contributed by atoms with Crippen LogP contribution in [0.3, 0.4) is 0 Å². The number of ether oxygens (including phenoxy) is 1. The normalized spacial score (nSPS) is 27.1. The third kappa shape index (κ3) is 4.43. The van der Waals surface area contributed by atoms with Gasteiger partial charge in [0.05, 0.1) is 41.4 Å². The number of sulfone groups is 1. The number of nitriles is 1. The zero-order valence-corrected chi connectivity index (χ0v) is 19.4. The first-order chi connectivity index (χ1) is 14.2. The van der Waals surface area contributed by atoms with Crippen molar-refractivity contribution < 1.29 is 13.2 Å². The summed E-state index contributed by atoms with van der Waals surface area (Å²) in [5.41, 5.74) is 1.74. The standard InChI is InChI=1S/C20H25ClN4O3S2/c1-14-8-20(19-17(7-18(21)29-19)16(9-22)13-28-20)3-4-24(14)11-15-10-23-25(12-15)5-6-30(2,26)27/h7,10,12,14,16H,3-6,8,11,13H2,1-2H3. The Hall–Kier alpha value is -1.44. The molecule has 2 aromatic heterocycles. The van der Waals surface area contributed by atoms with Gasteiger partial charge in [0.1, 0.15) is 15.4 Å². The lowest BCUT2D eigenvalue weighted by Crippen LogP contribution is -2.50. The SMILES string of the molecule is CC1CC2(CCN1Cc1cnn(CCS(C)(=O)=O)c1)OCC(C#N)c1cc(Cl)sc12. The van der Waals surface area contributed by atoms with Crippen molar-refractivity contribution in [2.24, 2.45) is 0 Å². The Morgan fingerprint density at radius 2 is 2.30 bits per heavy atom. The van der Waals surface area contributed by atoms with Gasteiger partial charge < -0.3 is 4.74 Å². The molecule has 0 amide bonds. The van der Waals surface area contributed by atoms with Crippen LogP contribution < -0.4 is 0 Å². The average molecular weight is 469 g/mol. The molecule has 0 aliphatic carbocycles. The lowest BCUT2D eigenvalue weighted by molar-refractivity contribution is -0.113. The summed E-state index contributed by atoms with van der Waals surface area (Å²) in [5.74, 6) is -0.163. The Bertz CT molecular complexity index is 1070. The molecule has 10 heteroatoms. The van der Waals surface area contributed by atoms with E-state index in [4.69, 9.17) is 16.3 Å². The number of nitrogens with zero attached hydrogens (tertiary/aromatic N) is 4. The van der Waals surface area contributed by atoms with E-state index < -0.39 is 9.84 Å². The molecule has 4 rings (SSSR count). The summed E-state index contributed by atoms with van der Waals surface area (Å²) in [6.45, 7) is 4.60. The summed E-state index contributed by atoms with van der Waals surface area (Å²) in [6.07, 6.45) is 6.67. The van der Waals surface area contributed by atoms with Crippen LogP contribution in [0.15, 0.2) is 18.5 Å². The molecule has 2 aromatic rings. The van der Waals surface area contributed by atoms with Gasteiger partial charge in [0.25, 0.3) is 0 Å². The summed E-state index contributed by atoms with van der Waals surface area (Å²) in [6, 6.07) is 4.55. The van der Waals surface area contributed by atoms with E-state index in [0.717, 1.165) is 41.9 Å². The molecule has 1 spiro atoms. The lowest BCUT2D eigenvalue weighted by atomic mass is 9.80. The minimum atomic E-state index is -3.01. The van der Waals surface area contributed by atoms with Gasteiger partial charge in [0.15, 0.2) is 0 Å². The molecule has 2 aliphatic heterocycles. The topological polar surface area (TPSA) is 88.2 Å². The molecule has 1 saturated heterocycles. The van der Waals surface area contributed by atoms with Crippen molar-refractivity contribution in [3.05, 3.63) is 38.8 Å². The van der Waals surface area contributed by atoms with E-state index in [2.05, 4.69) is 23.0 Å². The molecule has 0 N–H and O–H groups in total. The fraction of sp³-hybridized carbons (Fsp3) is 0.600. The molecule has 4 heterocycles. The van der Waals surface area contributed by atoms with E-state index >= 15 is 0 Å². The first kappa shape index (κ1) is 21.8. The molecule has 0 bridgehead atoms. The van der Waals surface area contributed by atoms with E-state index in [1.807, 2.05) is 18.5 Å². The Morgan fingerprint density at radius 1 is 1.50 bits per heavy atom. The number of hydrogen-bond acceptors (Lipinski definition) is 7. The van der Waals surface area contributed by atoms with Gasteiger partial charge in [-0.3, -0.25) is 9.58 Å². The van der Waals surface area contributed by atoms with Crippen molar-refractivity contribution in [1.82, 2.24) is 14.7 Å². The molecule has 1 fully saturated rings. The molecule has 3 unspecified atom stereocenters. The number of hydrogen-bond donors (Lipinski definition) is 0. The predicted molar refractivity (Wildman–Crippen MR) is 116 cm³/mol. The maximum absolute atomic E-state index is 11.4. The van der Waals surface area contributed by atoms with E-state index in [0.29, 0.717) is 17.5 Å². The third-order valence-electron chi connectivity index (χ3n) is 6.02. The summed E-state index contributed by atoms with van der Waals surface area (Å²) in [4.78, 5) is 3.52. The lowest BCUT2D eigenvalue weighted by Gasteiger charge is -2.47. The smallest absolute Gasteiger partial charge is 0.149 e. The van der Waals surface area contributed by atoms with Crippen LogP contribution >= 0.6 is 22.9 Å². The van der Waals surface area contributed by atoms with Crippen LogP contribution in [-0.2, 0) is 33.3 Å². The highest BCUT2D eigenvalue weighted by molar-refractivity contribution is 7.90. The molecule has 0 aromatic carbocycles. The number of piperidine rings is 1. The maximum Gasteiger partial charge on any atom is 0.149 e. The first-order valence-corrected chi connectivity index (χ1v) is 13.2. The van der Waals surface area contributed by atoms with Crippen LogP contribution in [0.4, 0.5) is 0 Å². The van der Waals surface area contributed by atoms with Crippen molar-refractivity contribution in [2.75, 3.05) is 25.2 Å². The van der Waals surface area contributed by atoms with Crippen molar-refractivity contribution in [3.63, 3.8) is 0 Å².